The van der Waals surface area contributed by atoms with Gasteiger partial charge in [0.05, 0.1) is 25.3 Å². The molecule has 1 fully saturated rings. The van der Waals surface area contributed by atoms with E-state index in [1.165, 1.54) is 11.1 Å². The number of ether oxygens (including phenoxy) is 1. The molecule has 4 heteroatoms. The maximum absolute atomic E-state index is 12.6. The first-order valence-corrected chi connectivity index (χ1v) is 6.94. The number of hydrogen-bond acceptors (Lipinski definition) is 3. The van der Waals surface area contributed by atoms with Crippen LogP contribution in [0.3, 0.4) is 0 Å². The molecule has 2 aliphatic heterocycles. The quantitative estimate of drug-likeness (QED) is 0.817. The average Bonchev–Trinajstić information content (AvgIpc) is 2.46. The predicted molar refractivity (Wildman–Crippen MR) is 72.8 cm³/mol. The maximum atomic E-state index is 12.6. The van der Waals surface area contributed by atoms with Gasteiger partial charge in [-0.15, -0.1) is 0 Å². The van der Waals surface area contributed by atoms with Crippen LogP contribution >= 0.6 is 0 Å². The number of amides is 1. The van der Waals surface area contributed by atoms with Crippen molar-refractivity contribution in [2.24, 2.45) is 0 Å². The lowest BCUT2D eigenvalue weighted by atomic mass is 9.95. The van der Waals surface area contributed by atoms with Crippen molar-refractivity contribution in [2.75, 3.05) is 19.8 Å². The van der Waals surface area contributed by atoms with E-state index in [1.807, 2.05) is 24.0 Å². The second-order valence-corrected chi connectivity index (χ2v) is 5.36. The fourth-order valence-corrected chi connectivity index (χ4v) is 2.88. The molecule has 1 aromatic rings. The summed E-state index contributed by atoms with van der Waals surface area (Å²) in [4.78, 5) is 14.5. The predicted octanol–water partition coefficient (Wildman–Crippen LogP) is 0.948. The van der Waals surface area contributed by atoms with Crippen molar-refractivity contribution in [1.29, 1.82) is 0 Å². The standard InChI is InChI=1S/C15H20N2O2/c1-11-10-19-7-6-17(11)15(18)14-8-12-4-2-3-5-13(12)9-16-14/h2-5,11,14,16H,6-10H2,1H3/t11-,14?/m1/s1. The number of carbonyl (C=O) groups is 1. The molecule has 0 saturated carbocycles. The normalized spacial score (nSPS) is 26.9. The van der Waals surface area contributed by atoms with Crippen molar-refractivity contribution in [2.45, 2.75) is 32.0 Å². The van der Waals surface area contributed by atoms with Crippen molar-refractivity contribution >= 4 is 5.91 Å². The smallest absolute Gasteiger partial charge is 0.240 e. The Hall–Kier alpha value is -1.39. The first-order chi connectivity index (χ1) is 9.25. The number of carbonyl (C=O) groups excluding carboxylic acids is 1. The fourth-order valence-electron chi connectivity index (χ4n) is 2.88. The van der Waals surface area contributed by atoms with Crippen molar-refractivity contribution in [3.8, 4) is 0 Å². The van der Waals surface area contributed by atoms with Crippen LogP contribution in [0.15, 0.2) is 24.3 Å². The van der Waals surface area contributed by atoms with E-state index in [2.05, 4.69) is 17.4 Å². The van der Waals surface area contributed by atoms with Crippen LogP contribution in [0.1, 0.15) is 18.1 Å². The van der Waals surface area contributed by atoms with Crippen molar-refractivity contribution in [3.05, 3.63) is 35.4 Å². The molecule has 1 amide bonds. The zero-order valence-electron chi connectivity index (χ0n) is 11.3. The summed E-state index contributed by atoms with van der Waals surface area (Å²) in [5, 5.41) is 3.36. The molecule has 2 aliphatic rings. The molecular weight excluding hydrogens is 240 g/mol. The van der Waals surface area contributed by atoms with Gasteiger partial charge in [-0.3, -0.25) is 4.79 Å². The van der Waals surface area contributed by atoms with E-state index < -0.39 is 0 Å². The Morgan fingerprint density at radius 1 is 1.37 bits per heavy atom. The lowest BCUT2D eigenvalue weighted by molar-refractivity contribution is -0.141. The molecule has 1 saturated heterocycles. The van der Waals surface area contributed by atoms with Crippen molar-refractivity contribution in [3.63, 3.8) is 0 Å². The molecule has 0 spiro atoms. The Morgan fingerprint density at radius 2 is 2.16 bits per heavy atom. The molecule has 102 valence electrons. The number of morpholine rings is 1. The number of nitrogens with one attached hydrogen (secondary N) is 1. The first-order valence-electron chi connectivity index (χ1n) is 6.94. The summed E-state index contributed by atoms with van der Waals surface area (Å²) in [7, 11) is 0. The van der Waals surface area contributed by atoms with Crippen LogP contribution in [-0.2, 0) is 22.5 Å². The third-order valence-corrected chi connectivity index (χ3v) is 4.03. The number of benzene rings is 1. The fraction of sp³-hybridized carbons (Fsp3) is 0.533. The Bertz CT molecular complexity index is 475. The van der Waals surface area contributed by atoms with E-state index in [-0.39, 0.29) is 18.0 Å². The number of hydrogen-bond donors (Lipinski definition) is 1. The molecule has 0 bridgehead atoms. The Kier molecular flexibility index (Phi) is 3.53. The van der Waals surface area contributed by atoms with Crippen LogP contribution in [0.5, 0.6) is 0 Å². The van der Waals surface area contributed by atoms with E-state index in [0.29, 0.717) is 19.8 Å². The molecule has 3 rings (SSSR count). The molecule has 2 heterocycles. The summed E-state index contributed by atoms with van der Waals surface area (Å²) >= 11 is 0. The Labute approximate surface area is 113 Å². The second-order valence-electron chi connectivity index (χ2n) is 5.36. The number of fused-ring (bicyclic) bond motifs is 1. The Morgan fingerprint density at radius 3 is 2.95 bits per heavy atom. The summed E-state index contributed by atoms with van der Waals surface area (Å²) in [6.07, 6.45) is 0.791. The highest BCUT2D eigenvalue weighted by molar-refractivity contribution is 5.83. The summed E-state index contributed by atoms with van der Waals surface area (Å²) in [5.74, 6) is 0.213. The van der Waals surface area contributed by atoms with Gasteiger partial charge in [-0.05, 0) is 24.5 Å². The zero-order valence-corrected chi connectivity index (χ0v) is 11.3. The minimum absolute atomic E-state index is 0.0875. The highest BCUT2D eigenvalue weighted by Crippen LogP contribution is 2.18. The monoisotopic (exact) mass is 260 g/mol. The van der Waals surface area contributed by atoms with Gasteiger partial charge in [-0.1, -0.05) is 24.3 Å². The van der Waals surface area contributed by atoms with Gasteiger partial charge in [0.1, 0.15) is 0 Å². The average molecular weight is 260 g/mol. The molecule has 1 N–H and O–H groups in total. The van der Waals surface area contributed by atoms with E-state index in [1.54, 1.807) is 0 Å². The number of rotatable bonds is 1. The maximum Gasteiger partial charge on any atom is 0.240 e. The van der Waals surface area contributed by atoms with Crippen molar-refractivity contribution in [1.82, 2.24) is 10.2 Å². The van der Waals surface area contributed by atoms with Crippen LogP contribution in [0.25, 0.3) is 0 Å². The lowest BCUT2D eigenvalue weighted by Crippen LogP contribution is -2.55. The highest BCUT2D eigenvalue weighted by Gasteiger charge is 2.31. The van der Waals surface area contributed by atoms with E-state index in [9.17, 15) is 4.79 Å². The van der Waals surface area contributed by atoms with Gasteiger partial charge in [0.25, 0.3) is 0 Å². The van der Waals surface area contributed by atoms with Crippen LogP contribution in [0.2, 0.25) is 0 Å². The van der Waals surface area contributed by atoms with Crippen molar-refractivity contribution < 1.29 is 9.53 Å². The Balaban J connectivity index is 1.72. The third kappa shape index (κ3) is 2.51. The SMILES string of the molecule is C[C@@H]1COCCN1C(=O)C1Cc2ccccc2CN1. The molecule has 19 heavy (non-hydrogen) atoms. The summed E-state index contributed by atoms with van der Waals surface area (Å²) in [6.45, 7) is 4.84. The minimum Gasteiger partial charge on any atom is -0.377 e. The molecule has 1 unspecified atom stereocenters. The highest BCUT2D eigenvalue weighted by atomic mass is 16.5. The zero-order chi connectivity index (χ0) is 13.2. The molecule has 0 aromatic heterocycles. The van der Waals surface area contributed by atoms with Crippen LogP contribution in [0, 0.1) is 0 Å². The van der Waals surface area contributed by atoms with Crippen LogP contribution < -0.4 is 5.32 Å². The first kappa shape index (κ1) is 12.6. The van der Waals surface area contributed by atoms with Gasteiger partial charge in [0.2, 0.25) is 5.91 Å². The molecule has 4 nitrogen and oxygen atoms in total. The molecule has 2 atom stereocenters. The van der Waals surface area contributed by atoms with Gasteiger partial charge in [-0.2, -0.15) is 0 Å². The van der Waals surface area contributed by atoms with Crippen LogP contribution in [-0.4, -0.2) is 42.6 Å². The summed E-state index contributed by atoms with van der Waals surface area (Å²) in [6, 6.07) is 8.44. The van der Waals surface area contributed by atoms with Gasteiger partial charge in [-0.25, -0.2) is 0 Å². The molecule has 1 aromatic carbocycles. The molecule has 0 aliphatic carbocycles. The van der Waals surface area contributed by atoms with Gasteiger partial charge < -0.3 is 15.0 Å². The van der Waals surface area contributed by atoms with Gasteiger partial charge in [0, 0.05) is 13.1 Å². The molecular formula is C15H20N2O2. The lowest BCUT2D eigenvalue weighted by Gasteiger charge is -2.37. The summed E-state index contributed by atoms with van der Waals surface area (Å²) in [5.41, 5.74) is 2.60. The number of nitrogens with zero attached hydrogens (tertiary/aromatic N) is 1. The topological polar surface area (TPSA) is 41.6 Å². The second kappa shape index (κ2) is 5.31. The summed E-state index contributed by atoms with van der Waals surface area (Å²) < 4.78 is 5.39. The van der Waals surface area contributed by atoms with E-state index in [0.717, 1.165) is 13.0 Å². The van der Waals surface area contributed by atoms with Gasteiger partial charge >= 0.3 is 0 Å². The van der Waals surface area contributed by atoms with Crippen LogP contribution in [0.4, 0.5) is 0 Å². The minimum atomic E-state index is -0.0875. The largest absolute Gasteiger partial charge is 0.377 e. The van der Waals surface area contributed by atoms with E-state index in [4.69, 9.17) is 4.74 Å². The third-order valence-electron chi connectivity index (χ3n) is 4.03. The molecule has 0 radical (unpaired) electrons. The van der Waals surface area contributed by atoms with Gasteiger partial charge in [0.15, 0.2) is 0 Å². The van der Waals surface area contributed by atoms with E-state index >= 15 is 0 Å².